The smallest absolute Gasteiger partial charge is 0.260 e. The zero-order valence-electron chi connectivity index (χ0n) is 51.6. The van der Waals surface area contributed by atoms with Gasteiger partial charge >= 0.3 is 0 Å². The van der Waals surface area contributed by atoms with Gasteiger partial charge in [0.2, 0.25) is 0 Å². The largest absolute Gasteiger partial charge is 0.458 e. The summed E-state index contributed by atoms with van der Waals surface area (Å²) in [7, 11) is 0. The van der Waals surface area contributed by atoms with Crippen molar-refractivity contribution in [3.8, 4) is 62.8 Å². The third-order valence-electron chi connectivity index (χ3n) is 17.0. The molecule has 8 heteroatoms. The molecule has 0 saturated heterocycles. The summed E-state index contributed by atoms with van der Waals surface area (Å²) in [6.07, 6.45) is 8.41. The summed E-state index contributed by atoms with van der Waals surface area (Å²) in [4.78, 5) is 5.08. The number of hydrogen-bond acceptors (Lipinski definition) is 4. The molecule has 7 aromatic carbocycles. The normalized spacial score (nSPS) is 13.7. The molecule has 0 bridgehead atoms. The van der Waals surface area contributed by atoms with Crippen LogP contribution in [0.25, 0.3) is 50.1 Å². The Hall–Kier alpha value is -7.84. The van der Waals surface area contributed by atoms with E-state index in [4.69, 9.17) is 19.2 Å². The van der Waals surface area contributed by atoms with E-state index >= 15 is 0 Å². The highest BCUT2D eigenvalue weighted by molar-refractivity contribution is 6.98. The number of benzene rings is 7. The average Bonchev–Trinajstić information content (AvgIpc) is 3.02. The zero-order chi connectivity index (χ0) is 58.4. The van der Waals surface area contributed by atoms with E-state index in [2.05, 4.69) is 291 Å². The van der Waals surface area contributed by atoms with Gasteiger partial charge in [0.25, 0.3) is 13.0 Å². The van der Waals surface area contributed by atoms with Crippen molar-refractivity contribution in [1.82, 2.24) is 14.1 Å². The number of hydrogen-bond donors (Lipinski definition) is 0. The summed E-state index contributed by atoms with van der Waals surface area (Å²) in [5, 5.41) is 2.20. The van der Waals surface area contributed by atoms with Crippen LogP contribution in [0.4, 0.5) is 0 Å². The number of imidazole rings is 1. The molecule has 0 saturated carbocycles. The molecule has 82 heavy (non-hydrogen) atoms. The maximum absolute atomic E-state index is 7.05. The molecule has 3 aromatic heterocycles. The third-order valence-corrected chi connectivity index (χ3v) is 17.0. The lowest BCUT2D eigenvalue weighted by atomic mass is 9.34. The standard InChI is InChI=1S/C74H80BN4O3/c1-69(2,3)47-20-24-59-63(39-47)81-65-32-46(33-66-68(65)75(59)60-25-21-48(70(4,5)6)40-64(60)82-66)45-19-26-61-58(31-45)57-23-22-55(43-62(57)79(61)67-41-49(27-28-76-67)71(7,8)9)80-56-38-52(74(16,17)18)37-54(42-56)78-30-29-77(44-78)53-35-50(72(10,11)12)34-51(36-53)73(13,14)15/h19-44H,1-18H3/q+1. The Labute approximate surface area is 487 Å². The fourth-order valence-electron chi connectivity index (χ4n) is 11.7. The van der Waals surface area contributed by atoms with E-state index in [0.717, 1.165) is 101 Å². The fourth-order valence-corrected chi connectivity index (χ4v) is 11.7. The Kier molecular flexibility index (Phi) is 12.6. The molecule has 0 spiro atoms. The molecule has 416 valence electrons. The van der Waals surface area contributed by atoms with E-state index in [1.54, 1.807) is 0 Å². The fraction of sp³-hybridized carbons (Fsp3) is 0.324. The SMILES string of the molecule is CC(C)(C)c1cc(Oc2ccc3c4cc(-c5cc6c7c(c5)Oc5cc(C(C)(C)C)ccc5B7c5ccc(C(C)(C)C)cc5O6)ccc4n(-c4cc(C(C)(C)C)ccn4)c3c2)cc(-n2cc[n+](-c3cc(C(C)(C)C)cc(C(C)(C)C)c3)c2)c1. The molecule has 0 N–H and O–H groups in total. The summed E-state index contributed by atoms with van der Waals surface area (Å²) < 4.78 is 27.9. The van der Waals surface area contributed by atoms with Crippen LogP contribution in [0.3, 0.4) is 0 Å². The quantitative estimate of drug-likeness (QED) is 0.123. The minimum absolute atomic E-state index is 0.00463. The number of aromatic nitrogens is 4. The van der Waals surface area contributed by atoms with E-state index < -0.39 is 0 Å². The van der Waals surface area contributed by atoms with Gasteiger partial charge in [0, 0.05) is 34.6 Å². The van der Waals surface area contributed by atoms with Crippen LogP contribution in [0, 0.1) is 0 Å². The molecule has 0 unspecified atom stereocenters. The second-order valence-electron chi connectivity index (χ2n) is 29.5. The summed E-state index contributed by atoms with van der Waals surface area (Å²) in [6.45, 7) is 40.8. The Morgan fingerprint density at radius 2 is 1.00 bits per heavy atom. The number of fused-ring (bicyclic) bond motifs is 7. The van der Waals surface area contributed by atoms with Crippen molar-refractivity contribution in [2.45, 2.75) is 157 Å². The van der Waals surface area contributed by atoms with Crippen LogP contribution in [0.15, 0.2) is 158 Å². The van der Waals surface area contributed by atoms with Gasteiger partial charge in [0.15, 0.2) is 0 Å². The molecule has 0 radical (unpaired) electrons. The van der Waals surface area contributed by atoms with Gasteiger partial charge in [0.05, 0.1) is 11.0 Å². The van der Waals surface area contributed by atoms with Crippen molar-refractivity contribution in [1.29, 1.82) is 0 Å². The molecule has 2 aliphatic heterocycles. The first-order chi connectivity index (χ1) is 38.3. The average molecular weight is 1080 g/mol. The molecular formula is C74H80BN4O3+. The van der Waals surface area contributed by atoms with Crippen molar-refractivity contribution in [3.05, 3.63) is 192 Å². The maximum Gasteiger partial charge on any atom is 0.260 e. The van der Waals surface area contributed by atoms with E-state index in [-0.39, 0.29) is 39.2 Å². The van der Waals surface area contributed by atoms with Gasteiger partial charge in [-0.2, -0.15) is 0 Å². The van der Waals surface area contributed by atoms with Gasteiger partial charge in [-0.3, -0.25) is 4.57 Å². The van der Waals surface area contributed by atoms with Crippen molar-refractivity contribution in [3.63, 3.8) is 0 Å². The van der Waals surface area contributed by atoms with Crippen molar-refractivity contribution in [2.75, 3.05) is 0 Å². The molecule has 0 amide bonds. The van der Waals surface area contributed by atoms with Crippen LogP contribution < -0.4 is 35.2 Å². The topological polar surface area (TPSA) is 54.3 Å². The highest BCUT2D eigenvalue weighted by Crippen LogP contribution is 2.44. The lowest BCUT2D eigenvalue weighted by Gasteiger charge is -2.35. The van der Waals surface area contributed by atoms with Crippen molar-refractivity contribution in [2.24, 2.45) is 0 Å². The Morgan fingerprint density at radius 1 is 0.439 bits per heavy atom. The predicted molar refractivity (Wildman–Crippen MR) is 341 cm³/mol. The summed E-state index contributed by atoms with van der Waals surface area (Å²) in [6, 6.07) is 49.3. The van der Waals surface area contributed by atoms with E-state index in [1.807, 2.05) is 6.20 Å². The van der Waals surface area contributed by atoms with Gasteiger partial charge in [-0.25, -0.2) is 14.1 Å². The second kappa shape index (κ2) is 18.9. The van der Waals surface area contributed by atoms with E-state index in [9.17, 15) is 0 Å². The lowest BCUT2D eigenvalue weighted by molar-refractivity contribution is -0.594. The summed E-state index contributed by atoms with van der Waals surface area (Å²) in [5.74, 6) is 5.80. The van der Waals surface area contributed by atoms with Gasteiger partial charge in [-0.15, -0.1) is 0 Å². The molecular weight excluding hydrogens is 1000 g/mol. The minimum atomic E-state index is -0.145. The molecule has 0 fully saturated rings. The maximum atomic E-state index is 7.05. The molecule has 10 aromatic rings. The molecule has 7 nitrogen and oxygen atoms in total. The van der Waals surface area contributed by atoms with Crippen molar-refractivity contribution < 1.29 is 18.8 Å². The first-order valence-electron chi connectivity index (χ1n) is 29.3. The van der Waals surface area contributed by atoms with Crippen LogP contribution in [0.1, 0.15) is 158 Å². The van der Waals surface area contributed by atoms with Gasteiger partial charge in [-0.05, 0) is 173 Å². The highest BCUT2D eigenvalue weighted by atomic mass is 16.5. The molecule has 12 rings (SSSR count). The van der Waals surface area contributed by atoms with E-state index in [1.165, 1.54) is 33.4 Å². The minimum Gasteiger partial charge on any atom is -0.458 e. The Bertz CT molecular complexity index is 4090. The van der Waals surface area contributed by atoms with Crippen molar-refractivity contribution >= 4 is 44.9 Å². The molecule has 0 aliphatic carbocycles. The number of ether oxygens (including phenoxy) is 3. The highest BCUT2D eigenvalue weighted by Gasteiger charge is 2.41. The number of rotatable bonds is 6. The Balaban J connectivity index is 0.972. The van der Waals surface area contributed by atoms with Gasteiger partial charge in [-0.1, -0.05) is 161 Å². The number of pyridine rings is 1. The van der Waals surface area contributed by atoms with Crippen LogP contribution >= 0.6 is 0 Å². The molecule has 0 atom stereocenters. The first kappa shape index (κ1) is 54.7. The van der Waals surface area contributed by atoms with Crippen LogP contribution in [-0.2, 0) is 32.5 Å². The van der Waals surface area contributed by atoms with Crippen LogP contribution in [-0.4, -0.2) is 20.8 Å². The molecule has 5 heterocycles. The second-order valence-corrected chi connectivity index (χ2v) is 29.5. The third kappa shape index (κ3) is 10.0. The summed E-state index contributed by atoms with van der Waals surface area (Å²) >= 11 is 0. The predicted octanol–water partition coefficient (Wildman–Crippen LogP) is 17.2. The summed E-state index contributed by atoms with van der Waals surface area (Å²) in [5.41, 5.74) is 16.9. The monoisotopic (exact) mass is 1080 g/mol. The van der Waals surface area contributed by atoms with Gasteiger partial charge < -0.3 is 14.2 Å². The Morgan fingerprint density at radius 3 is 1.57 bits per heavy atom. The van der Waals surface area contributed by atoms with Crippen LogP contribution in [0.2, 0.25) is 0 Å². The lowest BCUT2D eigenvalue weighted by Crippen LogP contribution is -2.57. The molecule has 2 aliphatic rings. The zero-order valence-corrected chi connectivity index (χ0v) is 51.6. The van der Waals surface area contributed by atoms with Gasteiger partial charge in [0.1, 0.15) is 64.1 Å². The first-order valence-corrected chi connectivity index (χ1v) is 29.3. The van der Waals surface area contributed by atoms with E-state index in [0.29, 0.717) is 0 Å². The number of nitrogens with zero attached hydrogens (tertiary/aromatic N) is 4. The van der Waals surface area contributed by atoms with Crippen LogP contribution in [0.5, 0.6) is 34.5 Å².